The second kappa shape index (κ2) is 9.27. The summed E-state index contributed by atoms with van der Waals surface area (Å²) in [6, 6.07) is 10.2. The van der Waals surface area contributed by atoms with E-state index in [4.69, 9.17) is 4.74 Å². The summed E-state index contributed by atoms with van der Waals surface area (Å²) < 4.78 is 65.6. The van der Waals surface area contributed by atoms with Gasteiger partial charge in [0.2, 0.25) is 0 Å². The number of alkyl halides is 3. The molecule has 29 heavy (non-hydrogen) atoms. The number of halogens is 3. The summed E-state index contributed by atoms with van der Waals surface area (Å²) in [6.45, 7) is -0.488. The molecule has 0 aliphatic heterocycles. The molecule has 1 atom stereocenters. The lowest BCUT2D eigenvalue weighted by molar-refractivity contribution is -0.137. The standard InChI is InChI=1S/C19H20F3NO5S/c1-29(26,27)12-13-5-7-14(8-6-13)18(25)23-10-16(24)11-28-17-4-2-3-15(9-17)19(20,21)22/h2-9,16,24H,10-12H2,1H3,(H,23,25). The minimum atomic E-state index is -4.50. The minimum absolute atomic E-state index is 0.0494. The molecule has 0 heterocycles. The van der Waals surface area contributed by atoms with Crippen LogP contribution in [0.4, 0.5) is 13.2 Å². The molecule has 2 rings (SSSR count). The molecule has 0 saturated carbocycles. The molecule has 0 aliphatic carbocycles. The molecular weight excluding hydrogens is 411 g/mol. The third kappa shape index (κ3) is 7.74. The lowest BCUT2D eigenvalue weighted by Crippen LogP contribution is -2.35. The van der Waals surface area contributed by atoms with Crippen molar-refractivity contribution in [3.8, 4) is 5.75 Å². The van der Waals surface area contributed by atoms with Crippen LogP contribution < -0.4 is 10.1 Å². The number of ether oxygens (including phenoxy) is 1. The fourth-order valence-electron chi connectivity index (χ4n) is 2.38. The van der Waals surface area contributed by atoms with Crippen molar-refractivity contribution in [3.63, 3.8) is 0 Å². The first-order valence-electron chi connectivity index (χ1n) is 8.47. The van der Waals surface area contributed by atoms with Crippen LogP contribution in [-0.2, 0) is 21.8 Å². The Morgan fingerprint density at radius 2 is 1.83 bits per heavy atom. The molecule has 158 valence electrons. The van der Waals surface area contributed by atoms with E-state index < -0.39 is 33.6 Å². The third-order valence-corrected chi connectivity index (χ3v) is 4.60. The smallest absolute Gasteiger partial charge is 0.416 e. The van der Waals surface area contributed by atoms with Gasteiger partial charge in [-0.1, -0.05) is 18.2 Å². The SMILES string of the molecule is CS(=O)(=O)Cc1ccc(C(=O)NCC(O)COc2cccc(C(F)(F)F)c2)cc1. The summed E-state index contributed by atoms with van der Waals surface area (Å²) >= 11 is 0. The fourth-order valence-corrected chi connectivity index (χ4v) is 3.18. The summed E-state index contributed by atoms with van der Waals surface area (Å²) in [6.07, 6.45) is -4.53. The van der Waals surface area contributed by atoms with Gasteiger partial charge in [-0.25, -0.2) is 8.42 Å². The molecule has 0 spiro atoms. The summed E-state index contributed by atoms with van der Waals surface area (Å²) in [7, 11) is -3.18. The van der Waals surface area contributed by atoms with E-state index in [9.17, 15) is 31.5 Å². The molecule has 0 bridgehead atoms. The molecule has 1 amide bonds. The first kappa shape index (κ1) is 22.7. The highest BCUT2D eigenvalue weighted by molar-refractivity contribution is 7.89. The molecule has 10 heteroatoms. The number of nitrogens with one attached hydrogen (secondary N) is 1. The number of hydrogen-bond acceptors (Lipinski definition) is 5. The van der Waals surface area contributed by atoms with Crippen molar-refractivity contribution < 1.29 is 36.2 Å². The maximum Gasteiger partial charge on any atom is 0.416 e. The Hall–Kier alpha value is -2.59. The summed E-state index contributed by atoms with van der Waals surface area (Å²) in [4.78, 5) is 12.1. The third-order valence-electron chi connectivity index (χ3n) is 3.75. The van der Waals surface area contributed by atoms with Crippen molar-refractivity contribution in [2.24, 2.45) is 0 Å². The van der Waals surface area contributed by atoms with E-state index >= 15 is 0 Å². The number of carbonyl (C=O) groups excluding carboxylic acids is 1. The van der Waals surface area contributed by atoms with E-state index in [2.05, 4.69) is 5.32 Å². The van der Waals surface area contributed by atoms with Gasteiger partial charge in [0.1, 0.15) is 18.5 Å². The molecular formula is C19H20F3NO5S. The van der Waals surface area contributed by atoms with Gasteiger partial charge in [0.05, 0.1) is 11.3 Å². The maximum atomic E-state index is 12.7. The monoisotopic (exact) mass is 431 g/mol. The predicted octanol–water partition coefficient (Wildman–Crippen LogP) is 2.42. The summed E-state index contributed by atoms with van der Waals surface area (Å²) in [5, 5.41) is 12.3. The van der Waals surface area contributed by atoms with Gasteiger partial charge in [-0.15, -0.1) is 0 Å². The van der Waals surface area contributed by atoms with E-state index in [1.807, 2.05) is 0 Å². The number of rotatable bonds is 8. The number of aliphatic hydroxyl groups excluding tert-OH is 1. The topological polar surface area (TPSA) is 92.7 Å². The number of aliphatic hydroxyl groups is 1. The normalized spacial score (nSPS) is 13.0. The first-order chi connectivity index (χ1) is 13.4. The number of amides is 1. The number of sulfone groups is 1. The van der Waals surface area contributed by atoms with Crippen LogP contribution in [0.25, 0.3) is 0 Å². The summed E-state index contributed by atoms with van der Waals surface area (Å²) in [5.41, 5.74) is -0.0519. The van der Waals surface area contributed by atoms with Gasteiger partial charge in [0.15, 0.2) is 9.84 Å². The second-order valence-electron chi connectivity index (χ2n) is 6.47. The molecule has 2 N–H and O–H groups in total. The van der Waals surface area contributed by atoms with Crippen molar-refractivity contribution in [2.75, 3.05) is 19.4 Å². The molecule has 2 aromatic rings. The van der Waals surface area contributed by atoms with Crippen LogP contribution in [0, 0.1) is 0 Å². The van der Waals surface area contributed by atoms with Crippen molar-refractivity contribution in [2.45, 2.75) is 18.0 Å². The van der Waals surface area contributed by atoms with E-state index in [1.165, 1.54) is 36.4 Å². The Morgan fingerprint density at radius 3 is 2.41 bits per heavy atom. The van der Waals surface area contributed by atoms with Crippen LogP contribution in [0.2, 0.25) is 0 Å². The Labute approximate surface area is 166 Å². The zero-order valence-electron chi connectivity index (χ0n) is 15.4. The van der Waals surface area contributed by atoms with Crippen LogP contribution in [0.3, 0.4) is 0 Å². The lowest BCUT2D eigenvalue weighted by atomic mass is 10.1. The van der Waals surface area contributed by atoms with Gasteiger partial charge in [0.25, 0.3) is 5.91 Å². The van der Waals surface area contributed by atoms with Crippen molar-refractivity contribution in [1.29, 1.82) is 0 Å². The van der Waals surface area contributed by atoms with Gasteiger partial charge in [-0.05, 0) is 35.9 Å². The quantitative estimate of drug-likeness (QED) is 0.670. The zero-order chi connectivity index (χ0) is 21.7. The predicted molar refractivity (Wildman–Crippen MR) is 100 cm³/mol. The number of carbonyl (C=O) groups is 1. The number of hydrogen-bond donors (Lipinski definition) is 2. The van der Waals surface area contributed by atoms with Crippen LogP contribution in [0.5, 0.6) is 5.75 Å². The van der Waals surface area contributed by atoms with Crippen molar-refractivity contribution in [3.05, 3.63) is 65.2 Å². The average Bonchev–Trinajstić information content (AvgIpc) is 2.63. The van der Waals surface area contributed by atoms with E-state index in [-0.39, 0.29) is 30.2 Å². The van der Waals surface area contributed by atoms with Crippen LogP contribution >= 0.6 is 0 Å². The maximum absolute atomic E-state index is 12.7. The Balaban J connectivity index is 1.83. The largest absolute Gasteiger partial charge is 0.491 e. The van der Waals surface area contributed by atoms with Gasteiger partial charge < -0.3 is 15.2 Å². The van der Waals surface area contributed by atoms with E-state index in [0.717, 1.165) is 18.4 Å². The van der Waals surface area contributed by atoms with Crippen LogP contribution in [-0.4, -0.2) is 44.9 Å². The van der Waals surface area contributed by atoms with E-state index in [0.29, 0.717) is 5.56 Å². The Bertz CT molecular complexity index is 943. The van der Waals surface area contributed by atoms with Crippen molar-refractivity contribution >= 4 is 15.7 Å². The molecule has 0 saturated heterocycles. The van der Waals surface area contributed by atoms with Crippen molar-refractivity contribution in [1.82, 2.24) is 5.32 Å². The fraction of sp³-hybridized carbons (Fsp3) is 0.316. The number of benzene rings is 2. The minimum Gasteiger partial charge on any atom is -0.491 e. The molecule has 6 nitrogen and oxygen atoms in total. The van der Waals surface area contributed by atoms with E-state index in [1.54, 1.807) is 0 Å². The summed E-state index contributed by atoms with van der Waals surface area (Å²) in [5.74, 6) is -0.679. The van der Waals surface area contributed by atoms with Gasteiger partial charge in [0, 0.05) is 18.4 Å². The Morgan fingerprint density at radius 1 is 1.17 bits per heavy atom. The van der Waals surface area contributed by atoms with Crippen LogP contribution in [0.1, 0.15) is 21.5 Å². The molecule has 0 aliphatic rings. The highest BCUT2D eigenvalue weighted by Crippen LogP contribution is 2.31. The van der Waals surface area contributed by atoms with Gasteiger partial charge in [-0.2, -0.15) is 13.2 Å². The molecule has 0 fully saturated rings. The molecule has 1 unspecified atom stereocenters. The molecule has 2 aromatic carbocycles. The zero-order valence-corrected chi connectivity index (χ0v) is 16.3. The molecule has 0 aromatic heterocycles. The van der Waals surface area contributed by atoms with Crippen LogP contribution in [0.15, 0.2) is 48.5 Å². The molecule has 0 radical (unpaired) electrons. The average molecular weight is 431 g/mol. The second-order valence-corrected chi connectivity index (χ2v) is 8.61. The van der Waals surface area contributed by atoms with Gasteiger partial charge in [-0.3, -0.25) is 4.79 Å². The highest BCUT2D eigenvalue weighted by atomic mass is 32.2. The first-order valence-corrected chi connectivity index (χ1v) is 10.5. The lowest BCUT2D eigenvalue weighted by Gasteiger charge is -2.14. The Kier molecular flexibility index (Phi) is 7.26. The van der Waals surface area contributed by atoms with Gasteiger partial charge >= 0.3 is 6.18 Å². The highest BCUT2D eigenvalue weighted by Gasteiger charge is 2.30.